The van der Waals surface area contributed by atoms with Crippen LogP contribution in [-0.4, -0.2) is 329 Å². The van der Waals surface area contributed by atoms with E-state index in [4.69, 9.17) is 30.8 Å². The third-order valence-corrected chi connectivity index (χ3v) is 12.9. The molecule has 2 fully saturated rings. The summed E-state index contributed by atoms with van der Waals surface area (Å²) >= 11 is 0. The summed E-state index contributed by atoms with van der Waals surface area (Å²) in [5.74, 6) is -16.7. The summed E-state index contributed by atoms with van der Waals surface area (Å²) < 4.78 is 63.2. The average Bonchev–Trinajstić information content (AvgIpc) is 1.74. The van der Waals surface area contributed by atoms with Crippen molar-refractivity contribution in [3.05, 3.63) is 0 Å². The minimum atomic E-state index is -1.42. The maximum Gasteiger partial charge on any atom is 0.352 e. The zero-order chi connectivity index (χ0) is 99.0. The quantitative estimate of drug-likeness (QED) is 0.0195. The number of carbonyl (C=O) groups excluding carboxylic acids is 23. The Kier molecular flexibility index (Phi) is 75.0. The van der Waals surface area contributed by atoms with Crippen molar-refractivity contribution in [1.29, 1.82) is 5.41 Å². The number of alkyl halides is 1. The van der Waals surface area contributed by atoms with Gasteiger partial charge >= 0.3 is 77.6 Å². The molecule has 2 saturated heterocycles. The lowest BCUT2D eigenvalue weighted by Crippen LogP contribution is -2.46. The molecule has 0 aliphatic carbocycles. The predicted octanol–water partition coefficient (Wildman–Crippen LogP) is 0.863. The van der Waals surface area contributed by atoms with Crippen LogP contribution in [0.15, 0.2) is 0 Å². The van der Waals surface area contributed by atoms with Crippen LogP contribution in [0.5, 0.6) is 0 Å². The molecule has 128 heavy (non-hydrogen) atoms. The summed E-state index contributed by atoms with van der Waals surface area (Å²) in [7, 11) is 7.01. The van der Waals surface area contributed by atoms with Crippen LogP contribution in [0.2, 0.25) is 0 Å². The van der Waals surface area contributed by atoms with Crippen molar-refractivity contribution >= 4 is 149 Å². The number of esters is 10. The van der Waals surface area contributed by atoms with Gasteiger partial charge in [0.25, 0.3) is 23.6 Å². The van der Waals surface area contributed by atoms with Gasteiger partial charge in [-0.2, -0.15) is 0 Å². The van der Waals surface area contributed by atoms with Crippen LogP contribution in [0.4, 0.5) is 4.39 Å². The van der Waals surface area contributed by atoms with Crippen molar-refractivity contribution in [2.45, 2.75) is 232 Å². The van der Waals surface area contributed by atoms with Crippen molar-refractivity contribution in [2.24, 2.45) is 0 Å². The number of imide groups is 2. The number of halogens is 1. The van der Waals surface area contributed by atoms with Crippen molar-refractivity contribution in [1.82, 2.24) is 51.4 Å². The van der Waals surface area contributed by atoms with Gasteiger partial charge in [-0.05, 0) is 96.7 Å². The molecule has 736 valence electrons. The van der Waals surface area contributed by atoms with E-state index in [1.807, 2.05) is 0 Å². The summed E-state index contributed by atoms with van der Waals surface area (Å²) in [6.07, 6.45) is -0.308. The molecule has 0 aromatic heterocycles. The van der Waals surface area contributed by atoms with E-state index in [0.29, 0.717) is 10.1 Å². The number of ether oxygens (including phenoxy) is 10. The number of hydrogen-bond acceptors (Lipinski definition) is 38. The third kappa shape index (κ3) is 78.0. The van der Waals surface area contributed by atoms with Gasteiger partial charge in [0.05, 0.1) is 109 Å². The second-order valence-corrected chi connectivity index (χ2v) is 28.7. The minimum Gasteiger partial charge on any atom is -0.480 e. The molecule has 49 heteroatoms. The smallest absolute Gasteiger partial charge is 0.352 e. The van der Waals surface area contributed by atoms with Gasteiger partial charge in [-0.1, -0.05) is 42.5 Å². The molecule has 0 spiro atoms. The molecule has 0 radical (unpaired) electrons. The van der Waals surface area contributed by atoms with E-state index >= 15 is 0 Å². The molecule has 1 atom stereocenters. The molecule has 2 heterocycles. The van der Waals surface area contributed by atoms with E-state index in [9.17, 15) is 119 Å². The number of hydroxylamine groups is 4. The summed E-state index contributed by atoms with van der Waals surface area (Å²) in [6, 6.07) is 0. The predicted molar refractivity (Wildman–Crippen MR) is 447 cm³/mol. The lowest BCUT2D eigenvalue weighted by Gasteiger charge is -2.22. The fraction of sp³-hybridized carbons (Fsp3) is 0.684. The second kappa shape index (κ2) is 73.4. The van der Waals surface area contributed by atoms with Crippen LogP contribution in [0.25, 0.3) is 0 Å². The van der Waals surface area contributed by atoms with Gasteiger partial charge in [-0.15, -0.1) is 10.1 Å². The van der Waals surface area contributed by atoms with Crippen LogP contribution in [0.3, 0.4) is 0 Å². The van der Waals surface area contributed by atoms with Gasteiger partial charge < -0.3 is 104 Å². The van der Waals surface area contributed by atoms with E-state index in [0.717, 1.165) is 43.1 Å². The number of aliphatic carboxylic acids is 1. The lowest BCUT2D eigenvalue weighted by molar-refractivity contribution is -0.198. The first kappa shape index (κ1) is 131. The first-order valence-corrected chi connectivity index (χ1v) is 37.8. The van der Waals surface area contributed by atoms with Crippen LogP contribution in [0, 0.1) is 5.41 Å². The molecule has 0 bridgehead atoms. The average molecular weight is 1850 g/mol. The Morgan fingerprint density at radius 1 is 0.352 bits per heavy atom. The number of nitrogens with one attached hydrogen (secondary N) is 6. The van der Waals surface area contributed by atoms with Crippen LogP contribution >= 0.6 is 0 Å². The first-order chi connectivity index (χ1) is 58.2. The Bertz CT molecular complexity index is 3560. The Hall–Kier alpha value is -12.8. The largest absolute Gasteiger partial charge is 0.480 e. The lowest BCUT2D eigenvalue weighted by atomic mass is 10.2. The highest BCUT2D eigenvalue weighted by Gasteiger charge is 2.36. The van der Waals surface area contributed by atoms with Crippen LogP contribution in [0.1, 0.15) is 211 Å². The van der Waals surface area contributed by atoms with Gasteiger partial charge in [-0.3, -0.25) is 115 Å². The highest BCUT2D eigenvalue weighted by Crippen LogP contribution is 2.16. The van der Waals surface area contributed by atoms with Gasteiger partial charge in [0, 0.05) is 51.4 Å². The zero-order valence-electron chi connectivity index (χ0n) is 75.7. The molecule has 2 aliphatic rings. The number of carboxylic acids is 1. The third-order valence-electron chi connectivity index (χ3n) is 12.9. The number of rotatable bonds is 38. The Morgan fingerprint density at radius 3 is 0.750 bits per heavy atom. The fourth-order valence-electron chi connectivity index (χ4n) is 7.70. The highest BCUT2D eigenvalue weighted by molar-refractivity contribution is 6.03. The highest BCUT2D eigenvalue weighted by atomic mass is 19.1. The zero-order valence-corrected chi connectivity index (χ0v) is 74.7. The van der Waals surface area contributed by atoms with Crippen molar-refractivity contribution < 1.29 is 183 Å². The normalized spacial score (nSPS) is 11.6. The standard InChI is InChI=1S/C19H27N3O10.C16H26N2O8.C15H24N2O8.C14H20N2O7.C6H11NO4.C3H8.C2H5F.CH3N.3CH4/c1-19(2,3)31-16(27)8-5-12(23)20-9-15(26)21(10-17(28)30-4)11-18(29)32-22-13(24)6-7-14(22)25;1-16(2,3)26-13(21)7-6-11(19)17-8-12(20)18(9-14(22)24-4)10-15(23)25-5;1-15(2,3)25-13(22)6-5-10(18)16-7-11(19)17(8-12(20)21)9-14(23)24-4;1-14(2,3)22-12(20)7-4-9(17)15-8-13(21)23-16-10(18)5-6-11(16)19;1-10-5(8)3-7-4-6(9)11-2;1-3-2;1-2-3;1-2;;;/h5-11H2,1-4H3,(H,20,23);6-10H2,1-5H3,(H,17,19);5-9H2,1-4H3,(H,16,18)(H,20,21);4-8H2,1-3H3,(H,15,17);7H,3-4H2,1-2H3;3H2,1-2H3;2H2,1H3;2H,1H2;3*1H4/i;;;;;;2D;;;;. The number of carboxylic acid groups (broad SMARTS) is 1. The molecule has 0 aromatic carbocycles. The van der Waals surface area contributed by atoms with E-state index in [2.05, 4.69) is 85.2 Å². The molecule has 2 aliphatic heterocycles. The van der Waals surface area contributed by atoms with Gasteiger partial charge in [0.1, 0.15) is 68.2 Å². The molecular formula is C79H136FN11O37. The molecule has 11 amide bonds. The molecule has 7 N–H and O–H groups in total. The summed E-state index contributed by atoms with van der Waals surface area (Å²) in [5.41, 5.74) is -2.64. The van der Waals surface area contributed by atoms with E-state index in [-0.39, 0.29) is 112 Å². The second-order valence-electron chi connectivity index (χ2n) is 28.7. The van der Waals surface area contributed by atoms with E-state index in [1.54, 1.807) is 83.1 Å². The molecule has 2 rings (SSSR count). The molecular weight excluding hydrogens is 1710 g/mol. The van der Waals surface area contributed by atoms with Crippen molar-refractivity contribution in [2.75, 3.05) is 128 Å². The van der Waals surface area contributed by atoms with Crippen molar-refractivity contribution in [3.8, 4) is 0 Å². The number of methoxy groups -OCH3 is 6. The van der Waals surface area contributed by atoms with Gasteiger partial charge in [0.2, 0.25) is 41.4 Å². The van der Waals surface area contributed by atoms with Gasteiger partial charge in [0.15, 0.2) is 0 Å². The molecule has 0 aromatic rings. The van der Waals surface area contributed by atoms with E-state index < -0.39 is 237 Å². The summed E-state index contributed by atoms with van der Waals surface area (Å²) in [5, 5.41) is 26.6. The number of amides is 11. The first-order valence-electron chi connectivity index (χ1n) is 38.4. The van der Waals surface area contributed by atoms with Crippen LogP contribution < -0.4 is 26.6 Å². The molecule has 0 saturated carbocycles. The summed E-state index contributed by atoms with van der Waals surface area (Å²) in [4.78, 5) is 287. The monoisotopic (exact) mass is 1850 g/mol. The molecule has 1 unspecified atom stereocenters. The number of hydrogen-bond donors (Lipinski definition) is 7. The maximum absolute atomic E-state index is 12.4. The van der Waals surface area contributed by atoms with Crippen molar-refractivity contribution in [3.63, 3.8) is 0 Å². The van der Waals surface area contributed by atoms with Gasteiger partial charge in [-0.25, -0.2) is 9.59 Å². The Balaban J connectivity index is -0.000000198. The van der Waals surface area contributed by atoms with Crippen LogP contribution in [-0.2, 0) is 172 Å². The minimum absolute atomic E-state index is 0. The summed E-state index contributed by atoms with van der Waals surface area (Å²) in [6.45, 7) is 21.3. The molecule has 48 nitrogen and oxygen atoms in total. The number of nitrogens with zero attached hydrogens (tertiary/aromatic N) is 5. The van der Waals surface area contributed by atoms with E-state index in [1.165, 1.54) is 27.6 Å². The Labute approximate surface area is 746 Å². The Morgan fingerprint density at radius 2 is 0.547 bits per heavy atom. The fourth-order valence-corrected chi connectivity index (χ4v) is 7.70. The topological polar surface area (TPSA) is 641 Å². The maximum atomic E-state index is 12.4. The SMILES string of the molecule is C.C.C.C=N.CC(C)(C)OC(=O)CCC(=O)NCC(=O)ON1C(=O)CCC1=O.CCC.COC(=O)CN(CC(=O)O)C(=O)CNC(=O)CCC(=O)OC(C)(C)C.COC(=O)CN(CC(=O)OC)C(=O)CNC(=O)CCC(=O)OC(C)(C)C.COC(=O)CN(CC(=O)ON1C(=O)CCC1=O)C(=O)CNC(=O)CCC(=O)OC(C)(C)C.COC(=O)CNCC(=O)OC.[2H]C(C)F. The number of carbonyl (C=O) groups is 24.